The predicted molar refractivity (Wildman–Crippen MR) is 93.2 cm³/mol. The molecule has 0 radical (unpaired) electrons. The highest BCUT2D eigenvalue weighted by Gasteiger charge is 2.35. The summed E-state index contributed by atoms with van der Waals surface area (Å²) in [6, 6.07) is 5.02. The molecule has 1 saturated heterocycles. The lowest BCUT2D eigenvalue weighted by molar-refractivity contribution is -0.131. The number of benzene rings is 1. The second-order valence-corrected chi connectivity index (χ2v) is 8.40. The Labute approximate surface area is 150 Å². The summed E-state index contributed by atoms with van der Waals surface area (Å²) < 4.78 is 12.1. The van der Waals surface area contributed by atoms with Gasteiger partial charge < -0.3 is 4.90 Å². The van der Waals surface area contributed by atoms with E-state index in [0.29, 0.717) is 42.1 Å². The molecule has 0 aromatic heterocycles. The molecule has 2 aliphatic rings. The van der Waals surface area contributed by atoms with Crippen LogP contribution in [0.4, 0.5) is 0 Å². The number of rotatable bonds is 4. The molecule has 1 fully saturated rings. The Hall–Kier alpha value is -1.54. The van der Waals surface area contributed by atoms with E-state index < -0.39 is 10.8 Å². The van der Waals surface area contributed by atoms with E-state index in [4.69, 9.17) is 0 Å². The van der Waals surface area contributed by atoms with Gasteiger partial charge in [-0.1, -0.05) is 15.9 Å². The van der Waals surface area contributed by atoms with Crippen LogP contribution >= 0.6 is 15.9 Å². The first-order valence-corrected chi connectivity index (χ1v) is 10.0. The fourth-order valence-corrected chi connectivity index (χ4v) is 4.31. The van der Waals surface area contributed by atoms with E-state index in [1.807, 2.05) is 0 Å². The first kappa shape index (κ1) is 17.3. The first-order chi connectivity index (χ1) is 11.5. The molecule has 0 saturated carbocycles. The van der Waals surface area contributed by atoms with Crippen LogP contribution in [0.15, 0.2) is 22.7 Å². The highest BCUT2D eigenvalue weighted by atomic mass is 79.9. The molecular weight excluding hydrogens is 396 g/mol. The van der Waals surface area contributed by atoms with Crippen molar-refractivity contribution in [3.63, 3.8) is 0 Å². The molecule has 1 aromatic carbocycles. The highest BCUT2D eigenvalue weighted by Crippen LogP contribution is 2.26. The number of nitrogens with zero attached hydrogens (tertiary/aromatic N) is 2. The molecule has 1 aromatic rings. The number of imide groups is 1. The van der Waals surface area contributed by atoms with Gasteiger partial charge in [0.1, 0.15) is 0 Å². The number of carbonyl (C=O) groups is 3. The average molecular weight is 413 g/mol. The van der Waals surface area contributed by atoms with Crippen molar-refractivity contribution < 1.29 is 18.6 Å². The highest BCUT2D eigenvalue weighted by molar-refractivity contribution is 9.10. The molecule has 128 valence electrons. The lowest BCUT2D eigenvalue weighted by atomic mass is 10.1. The van der Waals surface area contributed by atoms with Gasteiger partial charge in [0.2, 0.25) is 5.91 Å². The van der Waals surface area contributed by atoms with Crippen LogP contribution in [0.2, 0.25) is 0 Å². The molecule has 8 heteroatoms. The van der Waals surface area contributed by atoms with Crippen LogP contribution in [0.25, 0.3) is 0 Å². The maximum absolute atomic E-state index is 12.3. The van der Waals surface area contributed by atoms with Crippen LogP contribution in [0.5, 0.6) is 0 Å². The van der Waals surface area contributed by atoms with Gasteiger partial charge in [-0.05, 0) is 24.6 Å². The second-order valence-electron chi connectivity index (χ2n) is 5.78. The fraction of sp³-hybridized carbons (Fsp3) is 0.438. The topological polar surface area (TPSA) is 74.8 Å². The third-order valence-electron chi connectivity index (χ3n) is 4.24. The Balaban J connectivity index is 1.54. The molecule has 0 N–H and O–H groups in total. The Morgan fingerprint density at radius 3 is 2.50 bits per heavy atom. The van der Waals surface area contributed by atoms with Crippen molar-refractivity contribution in [1.29, 1.82) is 0 Å². The molecule has 2 heterocycles. The van der Waals surface area contributed by atoms with E-state index in [-0.39, 0.29) is 30.7 Å². The number of fused-ring (bicyclic) bond motifs is 1. The molecule has 0 atom stereocenters. The zero-order valence-electron chi connectivity index (χ0n) is 13.0. The minimum absolute atomic E-state index is 0.00828. The van der Waals surface area contributed by atoms with Crippen molar-refractivity contribution in [3.8, 4) is 0 Å². The van der Waals surface area contributed by atoms with Crippen LogP contribution < -0.4 is 0 Å². The van der Waals surface area contributed by atoms with Crippen LogP contribution in [0.1, 0.15) is 33.6 Å². The quantitative estimate of drug-likeness (QED) is 0.700. The van der Waals surface area contributed by atoms with Crippen LogP contribution in [0, 0.1) is 0 Å². The zero-order valence-corrected chi connectivity index (χ0v) is 15.4. The molecule has 0 bridgehead atoms. The smallest absolute Gasteiger partial charge is 0.261 e. The summed E-state index contributed by atoms with van der Waals surface area (Å²) in [4.78, 5) is 39.7. The van der Waals surface area contributed by atoms with Crippen molar-refractivity contribution in [1.82, 2.24) is 9.80 Å². The standard InChI is InChI=1S/C16H17BrN2O4S/c17-11-3-4-12-13(10-11)16(22)19(15(12)21)5-1-2-14(20)18-6-8-24(23)9-7-18/h3-4,10H,1-2,5-9H2. The molecule has 6 nitrogen and oxygen atoms in total. The maximum atomic E-state index is 12.3. The number of hydrogen-bond acceptors (Lipinski definition) is 4. The van der Waals surface area contributed by atoms with Crippen LogP contribution in [0.3, 0.4) is 0 Å². The summed E-state index contributed by atoms with van der Waals surface area (Å²) in [5.41, 5.74) is 0.812. The minimum Gasteiger partial charge on any atom is -0.341 e. The normalized spacial score (nSPS) is 18.2. The van der Waals surface area contributed by atoms with E-state index in [2.05, 4.69) is 15.9 Å². The summed E-state index contributed by atoms with van der Waals surface area (Å²) in [6.07, 6.45) is 0.717. The average Bonchev–Trinajstić information content (AvgIpc) is 2.79. The van der Waals surface area contributed by atoms with Crippen LogP contribution in [-0.4, -0.2) is 62.9 Å². The van der Waals surface area contributed by atoms with Gasteiger partial charge in [-0.2, -0.15) is 0 Å². The van der Waals surface area contributed by atoms with Gasteiger partial charge in [0.05, 0.1) is 11.1 Å². The third kappa shape index (κ3) is 3.44. The molecule has 2 aliphatic heterocycles. The van der Waals surface area contributed by atoms with Gasteiger partial charge in [-0.3, -0.25) is 23.5 Å². The number of halogens is 1. The largest absolute Gasteiger partial charge is 0.341 e. The van der Waals surface area contributed by atoms with E-state index in [1.54, 1.807) is 23.1 Å². The Morgan fingerprint density at radius 2 is 1.79 bits per heavy atom. The number of carbonyl (C=O) groups excluding carboxylic acids is 3. The summed E-state index contributed by atoms with van der Waals surface area (Å²) in [5.74, 6) is 0.435. The van der Waals surface area contributed by atoms with E-state index in [0.717, 1.165) is 4.47 Å². The minimum atomic E-state index is -0.815. The lowest BCUT2D eigenvalue weighted by Gasteiger charge is -2.26. The number of hydrogen-bond donors (Lipinski definition) is 0. The third-order valence-corrected chi connectivity index (χ3v) is 6.00. The monoisotopic (exact) mass is 412 g/mol. The second kappa shape index (κ2) is 7.14. The van der Waals surface area contributed by atoms with Gasteiger partial charge >= 0.3 is 0 Å². The SMILES string of the molecule is O=C(CCCN1C(=O)c2ccc(Br)cc2C1=O)N1CCS(=O)CC1. The summed E-state index contributed by atoms with van der Waals surface area (Å²) in [5, 5.41) is 0. The Kier molecular flexibility index (Phi) is 5.15. The Bertz CT molecular complexity index is 727. The molecule has 3 rings (SSSR count). The summed E-state index contributed by atoms with van der Waals surface area (Å²) >= 11 is 3.30. The summed E-state index contributed by atoms with van der Waals surface area (Å²) in [6.45, 7) is 1.27. The molecule has 0 spiro atoms. The summed E-state index contributed by atoms with van der Waals surface area (Å²) in [7, 11) is -0.815. The fourth-order valence-electron chi connectivity index (χ4n) is 2.90. The molecule has 3 amide bonds. The molecule has 0 aliphatic carbocycles. The van der Waals surface area contributed by atoms with Gasteiger partial charge in [0.25, 0.3) is 11.8 Å². The van der Waals surface area contributed by atoms with Gasteiger partial charge in [0.15, 0.2) is 0 Å². The van der Waals surface area contributed by atoms with Crippen molar-refractivity contribution in [2.24, 2.45) is 0 Å². The zero-order chi connectivity index (χ0) is 17.3. The van der Waals surface area contributed by atoms with Gasteiger partial charge in [-0.25, -0.2) is 0 Å². The lowest BCUT2D eigenvalue weighted by Crippen LogP contribution is -2.42. The first-order valence-electron chi connectivity index (χ1n) is 7.76. The van der Waals surface area contributed by atoms with Gasteiger partial charge in [-0.15, -0.1) is 0 Å². The maximum Gasteiger partial charge on any atom is 0.261 e. The predicted octanol–water partition coefficient (Wildman–Crippen LogP) is 1.42. The van der Waals surface area contributed by atoms with E-state index in [9.17, 15) is 18.6 Å². The molecule has 24 heavy (non-hydrogen) atoms. The van der Waals surface area contributed by atoms with Crippen LogP contribution in [-0.2, 0) is 15.6 Å². The van der Waals surface area contributed by atoms with Crippen molar-refractivity contribution in [2.45, 2.75) is 12.8 Å². The molecule has 0 unspecified atom stereocenters. The number of amides is 3. The van der Waals surface area contributed by atoms with Gasteiger partial charge in [0, 0.05) is 52.8 Å². The molecular formula is C16H17BrN2O4S. The van der Waals surface area contributed by atoms with E-state index in [1.165, 1.54) is 4.90 Å². The van der Waals surface area contributed by atoms with Crippen molar-refractivity contribution in [3.05, 3.63) is 33.8 Å². The van der Waals surface area contributed by atoms with Crippen molar-refractivity contribution in [2.75, 3.05) is 31.1 Å². The van der Waals surface area contributed by atoms with Crippen molar-refractivity contribution >= 4 is 44.5 Å². The van der Waals surface area contributed by atoms with E-state index >= 15 is 0 Å². The Morgan fingerprint density at radius 1 is 1.12 bits per heavy atom.